The smallest absolute Gasteiger partial charge is 0.0623 e. The molecule has 0 aliphatic carbocycles. The zero-order chi connectivity index (χ0) is 4.24. The Kier molecular flexibility index (Phi) is 3.83. The maximum atomic E-state index is 2.00. The number of rotatable bonds is 0. The van der Waals surface area contributed by atoms with Gasteiger partial charge in [0.1, 0.15) is 0 Å². The van der Waals surface area contributed by atoms with E-state index < -0.39 is 0 Å². The topological polar surface area (TPSA) is 0 Å². The van der Waals surface area contributed by atoms with Crippen LogP contribution in [0.25, 0.3) is 0 Å². The molecule has 1 atom stereocenters. The second-order valence-electron chi connectivity index (χ2n) is 1.15. The summed E-state index contributed by atoms with van der Waals surface area (Å²) < 4.78 is 0. The van der Waals surface area contributed by atoms with Crippen LogP contribution in [0, 0.1) is 0 Å². The molecule has 1 rings (SSSR count). The van der Waals surface area contributed by atoms with Crippen molar-refractivity contribution in [3.63, 3.8) is 0 Å². The van der Waals surface area contributed by atoms with Crippen LogP contribution < -0.4 is 0 Å². The molecule has 0 N–H and O–H groups in total. The molecule has 0 amide bonds. The first-order valence-electron chi connectivity index (χ1n) is 2.00. The fourth-order valence-corrected chi connectivity index (χ4v) is 0.385. The van der Waals surface area contributed by atoms with Crippen LogP contribution >= 0.6 is 0 Å². The molecule has 0 fully saturated rings. The van der Waals surface area contributed by atoms with Crippen molar-refractivity contribution in [3.8, 4) is 0 Å². The van der Waals surface area contributed by atoms with Crippen molar-refractivity contribution < 1.29 is 0 Å². The Hall–Kier alpha value is -0.222. The summed E-state index contributed by atoms with van der Waals surface area (Å²) in [4.78, 5) is 0. The molecule has 1 unspecified atom stereocenters. The summed E-state index contributed by atoms with van der Waals surface area (Å²) in [7, 11) is 0. The second kappa shape index (κ2) is 3.95. The Morgan fingerprint density at radius 3 is 0.714 bits per heavy atom. The van der Waals surface area contributed by atoms with Crippen LogP contribution in [0.3, 0.4) is 0 Å². The Morgan fingerprint density at radius 1 is 0.429 bits per heavy atom. The van der Waals surface area contributed by atoms with E-state index in [2.05, 4.69) is 0 Å². The van der Waals surface area contributed by atoms with Crippen LogP contribution in [0.5, 0.6) is 0 Å². The summed E-state index contributed by atoms with van der Waals surface area (Å²) in [6.45, 7) is 0. The molecule has 0 radical (unpaired) electrons. The third kappa shape index (κ3) is 2.47. The van der Waals surface area contributed by atoms with Gasteiger partial charge in [-0.15, -0.1) is 0 Å². The van der Waals surface area contributed by atoms with Crippen molar-refractivity contribution >= 4 is 18.0 Å². The fourth-order valence-electron chi connectivity index (χ4n) is 0.385. The minimum absolute atomic E-state index is 0. The summed E-state index contributed by atoms with van der Waals surface area (Å²) in [5.74, 6) is 0. The predicted octanol–water partition coefficient (Wildman–Crippen LogP) is 0.503. The molecule has 1 aromatic rings. The molecule has 0 saturated carbocycles. The van der Waals surface area contributed by atoms with Gasteiger partial charge in [-0.25, -0.2) is 0 Å². The predicted molar refractivity (Wildman–Crippen MR) is 36.4 cm³/mol. The van der Waals surface area contributed by atoms with Gasteiger partial charge in [-0.3, -0.25) is 0 Å². The number of hydrogen-bond acceptors (Lipinski definition) is 0. The van der Waals surface area contributed by atoms with E-state index in [1.807, 2.05) is 36.4 Å². The van der Waals surface area contributed by atoms with Crippen LogP contribution in [-0.2, 0) is 0 Å². The molecule has 38 valence electrons. The van der Waals surface area contributed by atoms with Crippen LogP contribution in [-0.4, -0.2) is 18.0 Å². The van der Waals surface area contributed by atoms with E-state index in [1.54, 1.807) is 0 Å². The van der Waals surface area contributed by atoms with Gasteiger partial charge in [0.2, 0.25) is 0 Å². The van der Waals surface area contributed by atoms with Crippen molar-refractivity contribution in [2.24, 2.45) is 0 Å². The second-order valence-corrected chi connectivity index (χ2v) is 1.15. The first kappa shape index (κ1) is 6.78. The Balaban J connectivity index is 0.000000360. The summed E-state index contributed by atoms with van der Waals surface area (Å²) in [5, 5.41) is 0. The zero-order valence-electron chi connectivity index (χ0n) is 4.17. The van der Waals surface area contributed by atoms with Gasteiger partial charge < -0.3 is 0 Å². The average Bonchev–Trinajstić information content (AvgIpc) is 1.72. The van der Waals surface area contributed by atoms with E-state index in [0.717, 1.165) is 0 Å². The van der Waals surface area contributed by atoms with Gasteiger partial charge in [0.15, 0.2) is 0 Å². The van der Waals surface area contributed by atoms with Gasteiger partial charge >= 0.3 is 18.0 Å². The maximum Gasteiger partial charge on any atom is -0.0623 e. The fraction of sp³-hybridized carbons (Fsp3) is 0. The van der Waals surface area contributed by atoms with Gasteiger partial charge in [0.25, 0.3) is 0 Å². The molecule has 1 heteroatoms. The Labute approximate surface area is 54.9 Å². The largest absolute Gasteiger partial charge is 0.0623 e. The molecule has 0 aliphatic rings. The summed E-state index contributed by atoms with van der Waals surface area (Å²) in [5.41, 5.74) is 0. The molecule has 7 heavy (non-hydrogen) atoms. The van der Waals surface area contributed by atoms with Crippen molar-refractivity contribution in [1.82, 2.24) is 0 Å². The van der Waals surface area contributed by atoms with E-state index in [1.165, 1.54) is 0 Å². The third-order valence-corrected chi connectivity index (χ3v) is 0.667. The molecule has 0 saturated heterocycles. The summed E-state index contributed by atoms with van der Waals surface area (Å²) >= 11 is 0. The van der Waals surface area contributed by atoms with Crippen LogP contribution in [0.2, 0.25) is 0 Å². The summed E-state index contributed by atoms with van der Waals surface area (Å²) in [6, 6.07) is 12.0. The minimum atomic E-state index is 0. The normalized spacial score (nSPS) is 6.86. The van der Waals surface area contributed by atoms with Gasteiger partial charge in [-0.05, 0) is 0 Å². The van der Waals surface area contributed by atoms with Gasteiger partial charge in [0, 0.05) is 0 Å². The quantitative estimate of drug-likeness (QED) is 0.480. The Morgan fingerprint density at radius 2 is 0.571 bits per heavy atom. The van der Waals surface area contributed by atoms with Crippen LogP contribution in [0.4, 0.5) is 0 Å². The SMILES string of the molecule is [AsH3].c1ccccc1. The first-order chi connectivity index (χ1) is 3.00. The van der Waals surface area contributed by atoms with Gasteiger partial charge in [-0.2, -0.15) is 0 Å². The molecular formula is C6H9As. The third-order valence-electron chi connectivity index (χ3n) is 0.667. The van der Waals surface area contributed by atoms with Crippen LogP contribution in [0.1, 0.15) is 0 Å². The van der Waals surface area contributed by atoms with Crippen molar-refractivity contribution in [2.75, 3.05) is 0 Å². The van der Waals surface area contributed by atoms with Gasteiger partial charge in [-0.1, -0.05) is 36.4 Å². The molecule has 1 aromatic carbocycles. The molecule has 0 nitrogen and oxygen atoms in total. The van der Waals surface area contributed by atoms with E-state index in [4.69, 9.17) is 0 Å². The molecule has 0 heterocycles. The van der Waals surface area contributed by atoms with E-state index in [9.17, 15) is 0 Å². The first-order valence-corrected chi connectivity index (χ1v) is 2.00. The standard InChI is InChI=1S/C6H6.AsH3/c1-2-4-6-5-3-1;/h1-6H;1H3. The average molecular weight is 156 g/mol. The zero-order valence-corrected chi connectivity index (χ0v) is 7.14. The van der Waals surface area contributed by atoms with Crippen molar-refractivity contribution in [3.05, 3.63) is 36.4 Å². The molecule has 0 bridgehead atoms. The van der Waals surface area contributed by atoms with E-state index in [-0.39, 0.29) is 18.0 Å². The molecular weight excluding hydrogens is 147 g/mol. The number of benzene rings is 1. The minimum Gasteiger partial charge on any atom is -0.0623 e. The van der Waals surface area contributed by atoms with Crippen molar-refractivity contribution in [1.29, 1.82) is 0 Å². The van der Waals surface area contributed by atoms with E-state index >= 15 is 0 Å². The number of hydrogen-bond donors (Lipinski definition) is 0. The van der Waals surface area contributed by atoms with E-state index in [0.29, 0.717) is 0 Å². The molecule has 0 aliphatic heterocycles. The summed E-state index contributed by atoms with van der Waals surface area (Å²) in [6.07, 6.45) is 0. The maximum absolute atomic E-state index is 2.00. The van der Waals surface area contributed by atoms with Crippen LogP contribution in [0.15, 0.2) is 36.4 Å². The van der Waals surface area contributed by atoms with Crippen molar-refractivity contribution in [2.45, 2.75) is 0 Å². The Bertz CT molecular complexity index is 76.1. The molecule has 0 aromatic heterocycles. The monoisotopic (exact) mass is 156 g/mol. The molecule has 0 spiro atoms. The van der Waals surface area contributed by atoms with Gasteiger partial charge in [0.05, 0.1) is 0 Å².